The summed E-state index contributed by atoms with van der Waals surface area (Å²) in [4.78, 5) is 0. The van der Waals surface area contributed by atoms with E-state index < -0.39 is 41.1 Å². The number of sulfonamides is 1. The normalized spacial score (nSPS) is 23.2. The first-order chi connectivity index (χ1) is 5.82. The van der Waals surface area contributed by atoms with E-state index in [1.807, 2.05) is 0 Å². The Morgan fingerprint density at radius 1 is 1.46 bits per heavy atom. The molecule has 0 bridgehead atoms. The minimum absolute atomic E-state index is 0.313. The van der Waals surface area contributed by atoms with Gasteiger partial charge in [0.15, 0.2) is 5.67 Å². The van der Waals surface area contributed by atoms with Crippen LogP contribution in [0.1, 0.15) is 0 Å². The van der Waals surface area contributed by atoms with Gasteiger partial charge in [-0.05, 0) is 0 Å². The molecule has 0 radical (unpaired) electrons. The van der Waals surface area contributed by atoms with Crippen LogP contribution in [0.2, 0.25) is 0 Å². The summed E-state index contributed by atoms with van der Waals surface area (Å²) >= 11 is 0. The summed E-state index contributed by atoms with van der Waals surface area (Å²) in [7, 11) is -4.67. The Morgan fingerprint density at radius 3 is 2.23 bits per heavy atom. The Hall–Kier alpha value is -0.340. The molecule has 1 heterocycles. The number of alkyl halides is 3. The highest BCUT2D eigenvalue weighted by molar-refractivity contribution is 7.89. The van der Waals surface area contributed by atoms with Crippen molar-refractivity contribution >= 4 is 10.0 Å². The van der Waals surface area contributed by atoms with E-state index in [2.05, 4.69) is 0 Å². The lowest BCUT2D eigenvalue weighted by Crippen LogP contribution is -2.63. The second-order valence-corrected chi connectivity index (χ2v) is 4.79. The first-order valence-corrected chi connectivity index (χ1v) is 4.89. The average molecular weight is 219 g/mol. The molecule has 0 aromatic heterocycles. The lowest BCUT2D eigenvalue weighted by atomic mass is 10.0. The second kappa shape index (κ2) is 3.10. The molecule has 1 fully saturated rings. The van der Waals surface area contributed by atoms with Gasteiger partial charge in [-0.2, -0.15) is 13.1 Å². The van der Waals surface area contributed by atoms with Crippen LogP contribution in [-0.2, 0) is 10.0 Å². The number of aliphatic hydroxyl groups is 1. The van der Waals surface area contributed by atoms with E-state index in [1.54, 1.807) is 0 Å². The third-order valence-electron chi connectivity index (χ3n) is 1.79. The number of halogens is 3. The highest BCUT2D eigenvalue weighted by atomic mass is 32.2. The maximum absolute atomic E-state index is 12.9. The van der Waals surface area contributed by atoms with Crippen LogP contribution in [0, 0.1) is 0 Å². The molecule has 1 saturated heterocycles. The van der Waals surface area contributed by atoms with Crippen molar-refractivity contribution in [1.29, 1.82) is 0 Å². The van der Waals surface area contributed by atoms with Crippen LogP contribution in [0.5, 0.6) is 0 Å². The van der Waals surface area contributed by atoms with Gasteiger partial charge in [0, 0.05) is 0 Å². The summed E-state index contributed by atoms with van der Waals surface area (Å²) in [5, 5.41) is 8.38. The Kier molecular flexibility index (Phi) is 2.56. The number of hydrogen-bond acceptors (Lipinski definition) is 3. The van der Waals surface area contributed by atoms with Gasteiger partial charge in [0.1, 0.15) is 0 Å². The molecule has 0 atom stereocenters. The molecule has 4 nitrogen and oxygen atoms in total. The standard InChI is InChI=1S/C5H8F3NO3S/c6-4(7)13(11,12)9-1-5(8,2-9)3-10/h4,10H,1-3H2. The molecule has 0 aromatic rings. The van der Waals surface area contributed by atoms with Crippen LogP contribution in [0.4, 0.5) is 13.2 Å². The fourth-order valence-corrected chi connectivity index (χ4v) is 2.03. The summed E-state index contributed by atoms with van der Waals surface area (Å²) in [5.74, 6) is -3.53. The van der Waals surface area contributed by atoms with Gasteiger partial charge < -0.3 is 5.11 Å². The smallest absolute Gasteiger partial charge is 0.350 e. The fraction of sp³-hybridized carbons (Fsp3) is 1.00. The van der Waals surface area contributed by atoms with Gasteiger partial charge in [-0.3, -0.25) is 0 Å². The number of nitrogens with zero attached hydrogens (tertiary/aromatic N) is 1. The second-order valence-electron chi connectivity index (χ2n) is 2.88. The van der Waals surface area contributed by atoms with Gasteiger partial charge in [0.2, 0.25) is 0 Å². The van der Waals surface area contributed by atoms with E-state index in [9.17, 15) is 21.6 Å². The molecule has 1 aliphatic heterocycles. The van der Waals surface area contributed by atoms with Crippen LogP contribution in [0.3, 0.4) is 0 Å². The zero-order valence-electron chi connectivity index (χ0n) is 6.45. The maximum atomic E-state index is 12.9. The molecule has 1 rings (SSSR count). The fourth-order valence-electron chi connectivity index (χ4n) is 0.978. The van der Waals surface area contributed by atoms with E-state index in [0.29, 0.717) is 4.31 Å². The molecular formula is C5H8F3NO3S. The number of aliphatic hydroxyl groups excluding tert-OH is 1. The van der Waals surface area contributed by atoms with Crippen molar-refractivity contribution in [3.05, 3.63) is 0 Å². The van der Waals surface area contributed by atoms with E-state index in [-0.39, 0.29) is 0 Å². The van der Waals surface area contributed by atoms with Crippen molar-refractivity contribution in [2.24, 2.45) is 0 Å². The summed E-state index contributed by atoms with van der Waals surface area (Å²) in [6.07, 6.45) is 0. The summed E-state index contributed by atoms with van der Waals surface area (Å²) in [5.41, 5.74) is -2.05. The topological polar surface area (TPSA) is 57.6 Å². The molecule has 0 aliphatic carbocycles. The van der Waals surface area contributed by atoms with Crippen molar-refractivity contribution in [2.45, 2.75) is 11.4 Å². The van der Waals surface area contributed by atoms with Gasteiger partial charge in [0.25, 0.3) is 10.0 Å². The minimum atomic E-state index is -4.67. The molecule has 0 spiro atoms. The SMILES string of the molecule is O=S(=O)(C(F)F)N1CC(F)(CO)C1. The van der Waals surface area contributed by atoms with E-state index in [0.717, 1.165) is 0 Å². The van der Waals surface area contributed by atoms with Crippen molar-refractivity contribution in [2.75, 3.05) is 19.7 Å². The Morgan fingerprint density at radius 2 is 1.92 bits per heavy atom. The zero-order chi connectivity index (χ0) is 10.3. The van der Waals surface area contributed by atoms with Crippen LogP contribution in [0.15, 0.2) is 0 Å². The number of hydrogen-bond donors (Lipinski definition) is 1. The highest BCUT2D eigenvalue weighted by Crippen LogP contribution is 2.29. The van der Waals surface area contributed by atoms with Crippen molar-refractivity contribution in [1.82, 2.24) is 4.31 Å². The van der Waals surface area contributed by atoms with Crippen LogP contribution >= 0.6 is 0 Å². The van der Waals surface area contributed by atoms with Gasteiger partial charge in [-0.15, -0.1) is 0 Å². The number of rotatable bonds is 3. The summed E-state index contributed by atoms with van der Waals surface area (Å²) in [6, 6.07) is 0. The minimum Gasteiger partial charge on any atom is -0.393 e. The van der Waals surface area contributed by atoms with Crippen molar-refractivity contribution < 1.29 is 26.7 Å². The molecular weight excluding hydrogens is 211 g/mol. The third-order valence-corrected chi connectivity index (χ3v) is 3.22. The molecule has 1 aliphatic rings. The van der Waals surface area contributed by atoms with E-state index >= 15 is 0 Å². The third kappa shape index (κ3) is 1.79. The summed E-state index contributed by atoms with van der Waals surface area (Å²) in [6.45, 7) is -2.26. The monoisotopic (exact) mass is 219 g/mol. The molecule has 0 saturated carbocycles. The lowest BCUT2D eigenvalue weighted by molar-refractivity contribution is -0.0281. The largest absolute Gasteiger partial charge is 0.393 e. The zero-order valence-corrected chi connectivity index (χ0v) is 7.27. The van der Waals surface area contributed by atoms with Crippen LogP contribution in [0.25, 0.3) is 0 Å². The lowest BCUT2D eigenvalue weighted by Gasteiger charge is -2.41. The predicted molar refractivity (Wildman–Crippen MR) is 37.4 cm³/mol. The Bertz CT molecular complexity index is 285. The van der Waals surface area contributed by atoms with Gasteiger partial charge in [0.05, 0.1) is 19.7 Å². The molecule has 78 valence electrons. The molecule has 0 aromatic carbocycles. The Labute approximate surface area is 73.0 Å². The quantitative estimate of drug-likeness (QED) is 0.699. The average Bonchev–Trinajstić information content (AvgIpc) is 1.98. The predicted octanol–water partition coefficient (Wildman–Crippen LogP) is -0.445. The molecule has 0 unspecified atom stereocenters. The van der Waals surface area contributed by atoms with Crippen LogP contribution < -0.4 is 0 Å². The highest BCUT2D eigenvalue weighted by Gasteiger charge is 2.50. The van der Waals surface area contributed by atoms with Gasteiger partial charge >= 0.3 is 5.76 Å². The first-order valence-electron chi connectivity index (χ1n) is 3.39. The van der Waals surface area contributed by atoms with Crippen LogP contribution in [-0.4, -0.2) is 49.0 Å². The molecule has 0 amide bonds. The molecule has 1 N–H and O–H groups in total. The van der Waals surface area contributed by atoms with Gasteiger partial charge in [-0.25, -0.2) is 12.8 Å². The summed E-state index contributed by atoms with van der Waals surface area (Å²) < 4.78 is 58.1. The molecule has 8 heteroatoms. The van der Waals surface area contributed by atoms with Crippen molar-refractivity contribution in [3.63, 3.8) is 0 Å². The molecule has 13 heavy (non-hydrogen) atoms. The van der Waals surface area contributed by atoms with Crippen molar-refractivity contribution in [3.8, 4) is 0 Å². The maximum Gasteiger partial charge on any atom is 0.350 e. The van der Waals surface area contributed by atoms with Gasteiger partial charge in [-0.1, -0.05) is 0 Å². The Balaban J connectivity index is 2.63. The van der Waals surface area contributed by atoms with E-state index in [1.165, 1.54) is 0 Å². The van der Waals surface area contributed by atoms with E-state index in [4.69, 9.17) is 5.11 Å². The first kappa shape index (κ1) is 10.7.